The predicted molar refractivity (Wildman–Crippen MR) is 60.4 cm³/mol. The first-order valence-corrected chi connectivity index (χ1v) is 5.01. The van der Waals surface area contributed by atoms with Crippen LogP contribution in [0.4, 0.5) is 0 Å². The SMILES string of the molecule is [CH2][C@@H](C(=O)OC(C)(C)C)c1ccccc1. The Labute approximate surface area is 91.3 Å². The third-order valence-electron chi connectivity index (χ3n) is 1.89. The quantitative estimate of drug-likeness (QED) is 0.694. The van der Waals surface area contributed by atoms with Crippen LogP contribution in [0.1, 0.15) is 32.3 Å². The Kier molecular flexibility index (Phi) is 3.51. The second-order valence-electron chi connectivity index (χ2n) is 4.50. The maximum atomic E-state index is 11.7. The average Bonchev–Trinajstić information content (AvgIpc) is 2.15. The molecule has 2 heteroatoms. The minimum Gasteiger partial charge on any atom is -0.459 e. The summed E-state index contributed by atoms with van der Waals surface area (Å²) >= 11 is 0. The van der Waals surface area contributed by atoms with Gasteiger partial charge in [-0.3, -0.25) is 4.79 Å². The number of hydrogen-bond donors (Lipinski definition) is 0. The molecular formula is C13H17O2. The van der Waals surface area contributed by atoms with Gasteiger partial charge in [0.25, 0.3) is 0 Å². The number of rotatable bonds is 2. The molecule has 0 N–H and O–H groups in total. The van der Waals surface area contributed by atoms with Gasteiger partial charge in [0.2, 0.25) is 0 Å². The van der Waals surface area contributed by atoms with Crippen molar-refractivity contribution in [3.8, 4) is 0 Å². The van der Waals surface area contributed by atoms with E-state index in [9.17, 15) is 4.79 Å². The van der Waals surface area contributed by atoms with Crippen LogP contribution < -0.4 is 0 Å². The largest absolute Gasteiger partial charge is 0.459 e. The zero-order chi connectivity index (χ0) is 11.5. The Morgan fingerprint density at radius 2 is 1.80 bits per heavy atom. The van der Waals surface area contributed by atoms with Crippen molar-refractivity contribution in [3.05, 3.63) is 42.8 Å². The molecule has 1 rings (SSSR count). The van der Waals surface area contributed by atoms with Crippen LogP contribution in [-0.4, -0.2) is 11.6 Å². The summed E-state index contributed by atoms with van der Waals surface area (Å²) in [6.45, 7) is 9.37. The molecule has 0 aliphatic rings. The fraction of sp³-hybridized carbons (Fsp3) is 0.385. The zero-order valence-electron chi connectivity index (χ0n) is 9.49. The van der Waals surface area contributed by atoms with Gasteiger partial charge in [0.05, 0.1) is 5.92 Å². The number of ether oxygens (including phenoxy) is 1. The number of benzene rings is 1. The topological polar surface area (TPSA) is 26.3 Å². The first-order valence-electron chi connectivity index (χ1n) is 5.01. The maximum absolute atomic E-state index is 11.7. The highest BCUT2D eigenvalue weighted by Crippen LogP contribution is 2.19. The van der Waals surface area contributed by atoms with Crippen LogP contribution in [-0.2, 0) is 9.53 Å². The molecule has 1 aromatic rings. The van der Waals surface area contributed by atoms with Crippen LogP contribution in [0.3, 0.4) is 0 Å². The standard InChI is InChI=1S/C13H17O2/c1-10(11-8-6-5-7-9-11)12(14)15-13(2,3)4/h5-10H,1H2,2-4H3/t10-/m1/s1. The molecule has 0 bridgehead atoms. The second kappa shape index (κ2) is 4.47. The highest BCUT2D eigenvalue weighted by Gasteiger charge is 2.22. The molecule has 0 heterocycles. The Morgan fingerprint density at radius 3 is 2.27 bits per heavy atom. The van der Waals surface area contributed by atoms with Crippen LogP contribution in [0.5, 0.6) is 0 Å². The van der Waals surface area contributed by atoms with Gasteiger partial charge in [0.1, 0.15) is 5.60 Å². The van der Waals surface area contributed by atoms with E-state index in [0.717, 1.165) is 5.56 Å². The van der Waals surface area contributed by atoms with E-state index in [1.165, 1.54) is 0 Å². The molecule has 0 amide bonds. The average molecular weight is 205 g/mol. The zero-order valence-corrected chi connectivity index (χ0v) is 9.49. The van der Waals surface area contributed by atoms with E-state index in [0.29, 0.717) is 0 Å². The van der Waals surface area contributed by atoms with Crippen molar-refractivity contribution in [3.63, 3.8) is 0 Å². The molecule has 0 saturated carbocycles. The summed E-state index contributed by atoms with van der Waals surface area (Å²) < 4.78 is 5.25. The first kappa shape index (κ1) is 11.8. The number of esters is 1. The van der Waals surface area contributed by atoms with E-state index in [-0.39, 0.29) is 5.97 Å². The van der Waals surface area contributed by atoms with Crippen LogP contribution in [0.25, 0.3) is 0 Å². The molecule has 2 nitrogen and oxygen atoms in total. The summed E-state index contributed by atoms with van der Waals surface area (Å²) in [6.07, 6.45) is 0. The highest BCUT2D eigenvalue weighted by molar-refractivity contribution is 5.79. The van der Waals surface area contributed by atoms with E-state index >= 15 is 0 Å². The minimum absolute atomic E-state index is 0.284. The van der Waals surface area contributed by atoms with Gasteiger partial charge in [-0.1, -0.05) is 30.3 Å². The van der Waals surface area contributed by atoms with Gasteiger partial charge in [0.15, 0.2) is 0 Å². The van der Waals surface area contributed by atoms with Crippen LogP contribution in [0.2, 0.25) is 0 Å². The summed E-state index contributed by atoms with van der Waals surface area (Å²) in [5, 5.41) is 0. The van der Waals surface area contributed by atoms with Gasteiger partial charge in [0, 0.05) is 0 Å². The molecule has 15 heavy (non-hydrogen) atoms. The van der Waals surface area contributed by atoms with E-state index in [1.807, 2.05) is 51.1 Å². The fourth-order valence-electron chi connectivity index (χ4n) is 1.19. The van der Waals surface area contributed by atoms with Crippen LogP contribution >= 0.6 is 0 Å². The fourth-order valence-corrected chi connectivity index (χ4v) is 1.19. The lowest BCUT2D eigenvalue weighted by Gasteiger charge is -2.22. The van der Waals surface area contributed by atoms with Crippen molar-refractivity contribution in [1.29, 1.82) is 0 Å². The first-order chi connectivity index (χ1) is 6.90. The van der Waals surface area contributed by atoms with E-state index < -0.39 is 11.5 Å². The maximum Gasteiger partial charge on any atom is 0.313 e. The lowest BCUT2D eigenvalue weighted by atomic mass is 10.0. The van der Waals surface area contributed by atoms with Crippen LogP contribution in [0, 0.1) is 6.92 Å². The molecule has 0 aliphatic heterocycles. The molecule has 0 spiro atoms. The Bertz CT molecular complexity index is 322. The van der Waals surface area contributed by atoms with Crippen molar-refractivity contribution in [1.82, 2.24) is 0 Å². The molecule has 0 unspecified atom stereocenters. The highest BCUT2D eigenvalue weighted by atomic mass is 16.6. The van der Waals surface area contributed by atoms with Gasteiger partial charge >= 0.3 is 5.97 Å². The summed E-state index contributed by atoms with van der Waals surface area (Å²) in [7, 11) is 0. The lowest BCUT2D eigenvalue weighted by Crippen LogP contribution is -2.26. The molecular weight excluding hydrogens is 188 g/mol. The molecule has 0 fully saturated rings. The molecule has 81 valence electrons. The van der Waals surface area contributed by atoms with Gasteiger partial charge in [-0.25, -0.2) is 0 Å². The van der Waals surface area contributed by atoms with E-state index in [2.05, 4.69) is 6.92 Å². The third-order valence-corrected chi connectivity index (χ3v) is 1.89. The molecule has 1 atom stereocenters. The van der Waals surface area contributed by atoms with Gasteiger partial charge in [-0.15, -0.1) is 0 Å². The summed E-state index contributed by atoms with van der Waals surface area (Å²) in [5.74, 6) is -0.737. The van der Waals surface area contributed by atoms with Crippen molar-refractivity contribution in [2.45, 2.75) is 32.3 Å². The Hall–Kier alpha value is -1.31. The predicted octanol–water partition coefficient (Wildman–Crippen LogP) is 2.95. The van der Waals surface area contributed by atoms with Crippen molar-refractivity contribution < 1.29 is 9.53 Å². The van der Waals surface area contributed by atoms with E-state index in [1.54, 1.807) is 0 Å². The third kappa shape index (κ3) is 3.74. The molecule has 0 saturated heterocycles. The normalized spacial score (nSPS) is 13.3. The molecule has 1 aromatic carbocycles. The van der Waals surface area contributed by atoms with Crippen LogP contribution in [0.15, 0.2) is 30.3 Å². The monoisotopic (exact) mass is 205 g/mol. The molecule has 0 aliphatic carbocycles. The lowest BCUT2D eigenvalue weighted by molar-refractivity contribution is -0.155. The number of hydrogen-bond acceptors (Lipinski definition) is 2. The van der Waals surface area contributed by atoms with Crippen molar-refractivity contribution >= 4 is 5.97 Å². The van der Waals surface area contributed by atoms with Gasteiger partial charge in [-0.05, 0) is 33.3 Å². The second-order valence-corrected chi connectivity index (χ2v) is 4.50. The summed E-state index contributed by atoms with van der Waals surface area (Å²) in [4.78, 5) is 11.7. The van der Waals surface area contributed by atoms with Crippen molar-refractivity contribution in [2.75, 3.05) is 0 Å². The number of carbonyl (C=O) groups is 1. The van der Waals surface area contributed by atoms with E-state index in [4.69, 9.17) is 4.74 Å². The van der Waals surface area contributed by atoms with Gasteiger partial charge < -0.3 is 4.74 Å². The Morgan fingerprint density at radius 1 is 1.27 bits per heavy atom. The smallest absolute Gasteiger partial charge is 0.313 e. The Balaban J connectivity index is 2.70. The minimum atomic E-state index is -0.457. The van der Waals surface area contributed by atoms with Crippen molar-refractivity contribution in [2.24, 2.45) is 0 Å². The molecule has 1 radical (unpaired) electrons. The van der Waals surface area contributed by atoms with Gasteiger partial charge in [-0.2, -0.15) is 0 Å². The summed E-state index contributed by atoms with van der Waals surface area (Å²) in [6, 6.07) is 9.43. The summed E-state index contributed by atoms with van der Waals surface area (Å²) in [5.41, 5.74) is 0.425. The molecule has 0 aromatic heterocycles. The number of carbonyl (C=O) groups excluding carboxylic acids is 1.